The second-order valence-electron chi connectivity index (χ2n) is 8.30. The van der Waals surface area contributed by atoms with E-state index in [0.29, 0.717) is 32.0 Å². The molecule has 0 unspecified atom stereocenters. The molecular weight excluding hydrogens is 396 g/mol. The van der Waals surface area contributed by atoms with Gasteiger partial charge in [0, 0.05) is 24.4 Å². The van der Waals surface area contributed by atoms with Gasteiger partial charge < -0.3 is 14.5 Å². The van der Waals surface area contributed by atoms with E-state index in [1.54, 1.807) is 16.2 Å². The molecule has 2 aromatic rings. The number of fused-ring (bicyclic) bond motifs is 1. The van der Waals surface area contributed by atoms with E-state index in [0.717, 1.165) is 12.2 Å². The summed E-state index contributed by atoms with van der Waals surface area (Å²) in [4.78, 5) is 30.6. The summed E-state index contributed by atoms with van der Waals surface area (Å²) in [6, 6.07) is 9.94. The number of hydrogen-bond acceptors (Lipinski definition) is 4. The van der Waals surface area contributed by atoms with E-state index in [1.807, 2.05) is 43.0 Å². The van der Waals surface area contributed by atoms with Crippen molar-refractivity contribution in [3.63, 3.8) is 0 Å². The van der Waals surface area contributed by atoms with Crippen molar-refractivity contribution in [2.45, 2.75) is 46.6 Å². The SMILES string of the molecule is CCC(=O)N(CC(=O)N1CCc2sccc2[C@H]1COc1ccc(C)cc1)CC(C)C. The fourth-order valence-electron chi connectivity index (χ4n) is 3.86. The van der Waals surface area contributed by atoms with Crippen molar-refractivity contribution in [1.29, 1.82) is 0 Å². The Morgan fingerprint density at radius 3 is 2.63 bits per heavy atom. The predicted octanol–water partition coefficient (Wildman–Crippen LogP) is 4.46. The fraction of sp³-hybridized carbons (Fsp3) is 0.500. The summed E-state index contributed by atoms with van der Waals surface area (Å²) >= 11 is 1.74. The molecule has 0 aliphatic carbocycles. The van der Waals surface area contributed by atoms with Gasteiger partial charge in [-0.05, 0) is 48.4 Å². The van der Waals surface area contributed by atoms with Gasteiger partial charge in [-0.15, -0.1) is 11.3 Å². The number of rotatable bonds is 8. The molecule has 1 atom stereocenters. The highest BCUT2D eigenvalue weighted by molar-refractivity contribution is 7.10. The molecule has 30 heavy (non-hydrogen) atoms. The van der Waals surface area contributed by atoms with Gasteiger partial charge in [0.2, 0.25) is 11.8 Å². The van der Waals surface area contributed by atoms with Crippen LogP contribution in [0.5, 0.6) is 5.75 Å². The summed E-state index contributed by atoms with van der Waals surface area (Å²) in [5.41, 5.74) is 2.35. The van der Waals surface area contributed by atoms with Crippen molar-refractivity contribution in [1.82, 2.24) is 9.80 Å². The minimum absolute atomic E-state index is 0.00759. The Labute approximate surface area is 183 Å². The Kier molecular flexibility index (Phi) is 7.53. The van der Waals surface area contributed by atoms with Crippen LogP contribution in [0.2, 0.25) is 0 Å². The molecule has 162 valence electrons. The molecule has 6 heteroatoms. The molecular formula is C24H32N2O3S. The van der Waals surface area contributed by atoms with Gasteiger partial charge in [0.05, 0.1) is 12.6 Å². The van der Waals surface area contributed by atoms with Gasteiger partial charge >= 0.3 is 0 Å². The number of carbonyl (C=O) groups is 2. The molecule has 0 bridgehead atoms. The van der Waals surface area contributed by atoms with E-state index in [1.165, 1.54) is 16.0 Å². The third-order valence-corrected chi connectivity index (χ3v) is 6.41. The van der Waals surface area contributed by atoms with Gasteiger partial charge in [0.25, 0.3) is 0 Å². The molecule has 0 radical (unpaired) electrons. The summed E-state index contributed by atoms with van der Waals surface area (Å²) in [5.74, 6) is 1.14. The van der Waals surface area contributed by atoms with Gasteiger partial charge in [-0.1, -0.05) is 38.5 Å². The van der Waals surface area contributed by atoms with E-state index >= 15 is 0 Å². The summed E-state index contributed by atoms with van der Waals surface area (Å²) < 4.78 is 6.08. The van der Waals surface area contributed by atoms with Crippen LogP contribution in [-0.4, -0.2) is 47.9 Å². The standard InChI is InChI=1S/C24H32N2O3S/c1-5-23(27)25(14-17(2)3)15-24(28)26-12-10-22-20(11-13-30-22)21(26)16-29-19-8-6-18(4)7-9-19/h6-9,11,13,17,21H,5,10,12,14-16H2,1-4H3/t21-/m1/s1. The average molecular weight is 429 g/mol. The van der Waals surface area contributed by atoms with Crippen LogP contribution in [0, 0.1) is 12.8 Å². The van der Waals surface area contributed by atoms with Crippen molar-refractivity contribution < 1.29 is 14.3 Å². The molecule has 3 rings (SSSR count). The maximum atomic E-state index is 13.3. The van der Waals surface area contributed by atoms with Gasteiger partial charge in [-0.2, -0.15) is 0 Å². The largest absolute Gasteiger partial charge is 0.491 e. The summed E-state index contributed by atoms with van der Waals surface area (Å²) in [5, 5.41) is 2.09. The van der Waals surface area contributed by atoms with Crippen molar-refractivity contribution in [3.05, 3.63) is 51.7 Å². The van der Waals surface area contributed by atoms with Crippen LogP contribution in [0.3, 0.4) is 0 Å². The van der Waals surface area contributed by atoms with Crippen LogP contribution in [0.25, 0.3) is 0 Å². The lowest BCUT2D eigenvalue weighted by molar-refractivity contribution is -0.143. The monoisotopic (exact) mass is 428 g/mol. The van der Waals surface area contributed by atoms with Crippen LogP contribution in [0.1, 0.15) is 49.2 Å². The Bertz CT molecular complexity index is 860. The normalized spacial score (nSPS) is 15.8. The average Bonchev–Trinajstić information content (AvgIpc) is 3.20. The first-order chi connectivity index (χ1) is 14.4. The molecule has 0 fully saturated rings. The molecule has 2 amide bonds. The Balaban J connectivity index is 1.76. The highest BCUT2D eigenvalue weighted by Gasteiger charge is 2.33. The Morgan fingerprint density at radius 1 is 1.23 bits per heavy atom. The highest BCUT2D eigenvalue weighted by atomic mass is 32.1. The summed E-state index contributed by atoms with van der Waals surface area (Å²) in [7, 11) is 0. The molecule has 2 heterocycles. The minimum atomic E-state index is -0.133. The third-order valence-electron chi connectivity index (χ3n) is 5.41. The van der Waals surface area contributed by atoms with Crippen molar-refractivity contribution in [2.24, 2.45) is 5.92 Å². The topological polar surface area (TPSA) is 49.9 Å². The van der Waals surface area contributed by atoms with E-state index in [2.05, 4.69) is 25.3 Å². The number of amides is 2. The molecule has 1 aromatic heterocycles. The van der Waals surface area contributed by atoms with Gasteiger partial charge in [-0.25, -0.2) is 0 Å². The lowest BCUT2D eigenvalue weighted by atomic mass is 10.00. The molecule has 5 nitrogen and oxygen atoms in total. The van der Waals surface area contributed by atoms with E-state index in [-0.39, 0.29) is 24.4 Å². The molecule has 0 saturated carbocycles. The van der Waals surface area contributed by atoms with Gasteiger partial charge in [0.1, 0.15) is 12.4 Å². The quantitative estimate of drug-likeness (QED) is 0.624. The second kappa shape index (κ2) is 10.1. The summed E-state index contributed by atoms with van der Waals surface area (Å²) in [6.45, 7) is 9.81. The maximum absolute atomic E-state index is 13.3. The molecule has 1 aliphatic rings. The minimum Gasteiger partial charge on any atom is -0.491 e. The number of hydrogen-bond donors (Lipinski definition) is 0. The lowest BCUT2D eigenvalue weighted by Gasteiger charge is -2.37. The smallest absolute Gasteiger partial charge is 0.242 e. The Morgan fingerprint density at radius 2 is 1.97 bits per heavy atom. The first-order valence-corrected chi connectivity index (χ1v) is 11.6. The van der Waals surface area contributed by atoms with Crippen LogP contribution in [0.4, 0.5) is 0 Å². The van der Waals surface area contributed by atoms with E-state index < -0.39 is 0 Å². The molecule has 0 saturated heterocycles. The van der Waals surface area contributed by atoms with E-state index in [9.17, 15) is 9.59 Å². The van der Waals surface area contributed by atoms with Crippen molar-refractivity contribution in [3.8, 4) is 5.75 Å². The molecule has 0 spiro atoms. The lowest BCUT2D eigenvalue weighted by Crippen LogP contribution is -2.48. The summed E-state index contributed by atoms with van der Waals surface area (Å²) in [6.07, 6.45) is 1.26. The van der Waals surface area contributed by atoms with Crippen LogP contribution < -0.4 is 4.74 Å². The number of nitrogens with zero attached hydrogens (tertiary/aromatic N) is 2. The van der Waals surface area contributed by atoms with Crippen LogP contribution in [0.15, 0.2) is 35.7 Å². The number of thiophene rings is 1. The highest BCUT2D eigenvalue weighted by Crippen LogP contribution is 2.34. The zero-order chi connectivity index (χ0) is 21.7. The maximum Gasteiger partial charge on any atom is 0.242 e. The first kappa shape index (κ1) is 22.3. The Hall–Kier alpha value is -2.34. The van der Waals surface area contributed by atoms with Gasteiger partial charge in [0.15, 0.2) is 0 Å². The molecule has 0 N–H and O–H groups in total. The third kappa shape index (κ3) is 5.42. The van der Waals surface area contributed by atoms with Crippen molar-refractivity contribution >= 4 is 23.2 Å². The van der Waals surface area contributed by atoms with E-state index in [4.69, 9.17) is 4.74 Å². The predicted molar refractivity (Wildman–Crippen MR) is 121 cm³/mol. The number of aryl methyl sites for hydroxylation is 1. The zero-order valence-electron chi connectivity index (χ0n) is 18.4. The van der Waals surface area contributed by atoms with Crippen LogP contribution >= 0.6 is 11.3 Å². The van der Waals surface area contributed by atoms with Gasteiger partial charge in [-0.3, -0.25) is 9.59 Å². The zero-order valence-corrected chi connectivity index (χ0v) is 19.2. The molecule has 1 aliphatic heterocycles. The number of carbonyl (C=O) groups excluding carboxylic acids is 2. The first-order valence-electron chi connectivity index (χ1n) is 10.7. The second-order valence-corrected chi connectivity index (χ2v) is 9.30. The fourth-order valence-corrected chi connectivity index (χ4v) is 4.79. The van der Waals surface area contributed by atoms with Crippen molar-refractivity contribution in [2.75, 3.05) is 26.2 Å². The number of benzene rings is 1. The molecule has 1 aromatic carbocycles. The number of ether oxygens (including phenoxy) is 1. The van der Waals surface area contributed by atoms with Crippen LogP contribution in [-0.2, 0) is 16.0 Å².